The maximum absolute atomic E-state index is 13.9. The summed E-state index contributed by atoms with van der Waals surface area (Å²) < 4.78 is 0. The van der Waals surface area contributed by atoms with Crippen LogP contribution in [0.5, 0.6) is 0 Å². The van der Waals surface area contributed by atoms with Crippen LogP contribution in [0.15, 0.2) is 91.0 Å². The van der Waals surface area contributed by atoms with E-state index in [1.807, 2.05) is 66.7 Å². The molecule has 0 aromatic heterocycles. The molecule has 2 amide bonds. The zero-order valence-corrected chi connectivity index (χ0v) is 20.2. The van der Waals surface area contributed by atoms with Gasteiger partial charge in [0.25, 0.3) is 0 Å². The van der Waals surface area contributed by atoms with Gasteiger partial charge in [-0.15, -0.1) is 0 Å². The second kappa shape index (κ2) is 9.59. The van der Waals surface area contributed by atoms with E-state index in [0.29, 0.717) is 11.3 Å². The Balaban J connectivity index is 1.58. The van der Waals surface area contributed by atoms with Gasteiger partial charge in [0.2, 0.25) is 11.8 Å². The van der Waals surface area contributed by atoms with Gasteiger partial charge in [-0.3, -0.25) is 24.5 Å². The highest BCUT2D eigenvalue weighted by Gasteiger charge is 2.68. The van der Waals surface area contributed by atoms with Gasteiger partial charge in [-0.1, -0.05) is 72.8 Å². The van der Waals surface area contributed by atoms with Crippen molar-refractivity contribution in [3.05, 3.63) is 108 Å². The number of fused-ring (bicyclic) bond motifs is 1. The van der Waals surface area contributed by atoms with Crippen molar-refractivity contribution < 1.29 is 24.3 Å². The molecule has 0 radical (unpaired) electrons. The molecule has 2 saturated heterocycles. The lowest BCUT2D eigenvalue weighted by Gasteiger charge is -2.31. The van der Waals surface area contributed by atoms with Crippen LogP contribution in [0.2, 0.25) is 0 Å². The molecule has 37 heavy (non-hydrogen) atoms. The monoisotopic (exact) mass is 494 g/mol. The minimum Gasteiger partial charge on any atom is -0.480 e. The first kappa shape index (κ1) is 24.3. The van der Waals surface area contributed by atoms with Gasteiger partial charge in [-0.2, -0.15) is 0 Å². The van der Waals surface area contributed by atoms with Crippen molar-refractivity contribution in [2.24, 2.45) is 11.8 Å². The van der Waals surface area contributed by atoms with E-state index in [0.717, 1.165) is 16.0 Å². The van der Waals surface area contributed by atoms with Crippen LogP contribution in [0, 0.1) is 11.8 Å². The summed E-state index contributed by atoms with van der Waals surface area (Å²) in [5.41, 5.74) is 0.730. The third kappa shape index (κ3) is 4.27. The summed E-state index contributed by atoms with van der Waals surface area (Å²) in [5, 5.41) is 13.7. The van der Waals surface area contributed by atoms with E-state index in [2.05, 4.69) is 5.32 Å². The van der Waals surface area contributed by atoms with E-state index in [1.165, 1.54) is 6.92 Å². The molecule has 3 aromatic rings. The van der Waals surface area contributed by atoms with Gasteiger partial charge in [-0.05, 0) is 42.3 Å². The van der Waals surface area contributed by atoms with Gasteiger partial charge in [0.15, 0.2) is 5.78 Å². The van der Waals surface area contributed by atoms with Crippen LogP contribution in [0.3, 0.4) is 0 Å². The van der Waals surface area contributed by atoms with Crippen LogP contribution in [0.4, 0.5) is 5.69 Å². The standard InChI is InChI=1S/C30H26N2O5/c1-19(33)22-13-15-23(16-14-22)32-27(34)25-24(17-12-20-8-4-2-5-9-20)31-30(29(36)37,26(25)28(32)35)18-21-10-6-3-7-11-21/h2-17,24-26,31H,18H2,1H3,(H,36,37). The number of nitrogens with zero attached hydrogens (tertiary/aromatic N) is 1. The Morgan fingerprint density at radius 2 is 1.54 bits per heavy atom. The predicted molar refractivity (Wildman–Crippen MR) is 139 cm³/mol. The lowest BCUT2D eigenvalue weighted by Crippen LogP contribution is -2.58. The van der Waals surface area contributed by atoms with E-state index < -0.39 is 41.2 Å². The van der Waals surface area contributed by atoms with Crippen LogP contribution in [-0.4, -0.2) is 40.3 Å². The molecule has 2 N–H and O–H groups in total. The summed E-state index contributed by atoms with van der Waals surface area (Å²) in [4.78, 5) is 53.3. The number of imide groups is 1. The Kier molecular flexibility index (Phi) is 6.31. The topological polar surface area (TPSA) is 104 Å². The van der Waals surface area contributed by atoms with Crippen molar-refractivity contribution in [1.82, 2.24) is 5.32 Å². The summed E-state index contributed by atoms with van der Waals surface area (Å²) in [7, 11) is 0. The average molecular weight is 495 g/mol. The Morgan fingerprint density at radius 3 is 2.14 bits per heavy atom. The number of aliphatic carboxylic acids is 1. The van der Waals surface area contributed by atoms with Gasteiger partial charge in [0, 0.05) is 18.0 Å². The first-order valence-electron chi connectivity index (χ1n) is 12.1. The molecule has 2 fully saturated rings. The number of rotatable bonds is 7. The lowest BCUT2D eigenvalue weighted by atomic mass is 9.76. The van der Waals surface area contributed by atoms with E-state index in [9.17, 15) is 24.3 Å². The average Bonchev–Trinajstić information content (AvgIpc) is 3.37. The quantitative estimate of drug-likeness (QED) is 0.383. The maximum atomic E-state index is 13.9. The van der Waals surface area contributed by atoms with Crippen LogP contribution in [0.1, 0.15) is 28.4 Å². The highest BCUT2D eigenvalue weighted by Crippen LogP contribution is 2.46. The fourth-order valence-corrected chi connectivity index (χ4v) is 5.44. The van der Waals surface area contributed by atoms with Crippen molar-refractivity contribution in [3.8, 4) is 0 Å². The summed E-state index contributed by atoms with van der Waals surface area (Å²) in [6.45, 7) is 1.44. The Labute approximate surface area is 214 Å². The molecule has 4 atom stereocenters. The molecule has 2 aliphatic heterocycles. The smallest absolute Gasteiger partial charge is 0.325 e. The molecule has 2 aliphatic rings. The molecular weight excluding hydrogens is 468 g/mol. The van der Waals surface area contributed by atoms with E-state index in [4.69, 9.17) is 0 Å². The largest absolute Gasteiger partial charge is 0.480 e. The number of carbonyl (C=O) groups excluding carboxylic acids is 3. The minimum absolute atomic E-state index is 0.0378. The Bertz CT molecular complexity index is 1380. The normalized spacial score (nSPS) is 25.0. The fraction of sp³-hybridized carbons (Fsp3) is 0.200. The minimum atomic E-state index is -1.68. The molecule has 2 heterocycles. The first-order valence-corrected chi connectivity index (χ1v) is 12.1. The number of carboxylic acids is 1. The number of benzene rings is 3. The van der Waals surface area contributed by atoms with E-state index >= 15 is 0 Å². The third-order valence-electron chi connectivity index (χ3n) is 7.23. The Hall–Kier alpha value is -4.36. The number of nitrogens with one attached hydrogen (secondary N) is 1. The third-order valence-corrected chi connectivity index (χ3v) is 7.23. The van der Waals surface area contributed by atoms with Gasteiger partial charge < -0.3 is 5.11 Å². The number of anilines is 1. The van der Waals surface area contributed by atoms with Crippen LogP contribution < -0.4 is 10.2 Å². The molecule has 0 saturated carbocycles. The van der Waals surface area contributed by atoms with Gasteiger partial charge in [0.05, 0.1) is 17.5 Å². The molecule has 0 aliphatic carbocycles. The first-order chi connectivity index (χ1) is 17.8. The summed E-state index contributed by atoms with van der Waals surface area (Å²) in [5.74, 6) is -4.36. The molecule has 0 spiro atoms. The second-order valence-corrected chi connectivity index (χ2v) is 9.50. The van der Waals surface area contributed by atoms with Crippen molar-refractivity contribution in [3.63, 3.8) is 0 Å². The van der Waals surface area contributed by atoms with Crippen molar-refractivity contribution in [2.75, 3.05) is 4.90 Å². The number of amides is 2. The molecule has 3 aromatic carbocycles. The lowest BCUT2D eigenvalue weighted by molar-refractivity contribution is -0.148. The highest BCUT2D eigenvalue weighted by atomic mass is 16.4. The molecular formula is C30H26N2O5. The van der Waals surface area contributed by atoms with E-state index in [-0.39, 0.29) is 12.2 Å². The second-order valence-electron chi connectivity index (χ2n) is 9.50. The van der Waals surface area contributed by atoms with Crippen LogP contribution in [-0.2, 0) is 20.8 Å². The highest BCUT2D eigenvalue weighted by molar-refractivity contribution is 6.24. The summed E-state index contributed by atoms with van der Waals surface area (Å²) in [6, 6.07) is 24.1. The van der Waals surface area contributed by atoms with Crippen molar-refractivity contribution in [1.29, 1.82) is 0 Å². The summed E-state index contributed by atoms with van der Waals surface area (Å²) in [6.07, 6.45) is 3.64. The van der Waals surface area contributed by atoms with Crippen LogP contribution >= 0.6 is 0 Å². The molecule has 186 valence electrons. The number of hydrogen-bond acceptors (Lipinski definition) is 5. The maximum Gasteiger partial charge on any atom is 0.325 e. The predicted octanol–water partition coefficient (Wildman–Crippen LogP) is 3.75. The van der Waals surface area contributed by atoms with Crippen molar-refractivity contribution in [2.45, 2.75) is 24.9 Å². The number of Topliss-reactive ketones (excluding diaryl/α,β-unsaturated/α-hetero) is 1. The van der Waals surface area contributed by atoms with Gasteiger partial charge in [-0.25, -0.2) is 4.90 Å². The molecule has 0 bridgehead atoms. The molecule has 7 heteroatoms. The number of carbonyl (C=O) groups is 4. The van der Waals surface area contributed by atoms with Gasteiger partial charge >= 0.3 is 5.97 Å². The van der Waals surface area contributed by atoms with Crippen molar-refractivity contribution >= 4 is 35.3 Å². The zero-order valence-electron chi connectivity index (χ0n) is 20.2. The number of carboxylic acid groups (broad SMARTS) is 1. The zero-order chi connectivity index (χ0) is 26.2. The van der Waals surface area contributed by atoms with Crippen LogP contribution in [0.25, 0.3) is 6.08 Å². The Morgan fingerprint density at radius 1 is 0.919 bits per heavy atom. The van der Waals surface area contributed by atoms with E-state index in [1.54, 1.807) is 30.3 Å². The molecule has 7 nitrogen and oxygen atoms in total. The fourth-order valence-electron chi connectivity index (χ4n) is 5.44. The molecule has 5 rings (SSSR count). The summed E-state index contributed by atoms with van der Waals surface area (Å²) >= 11 is 0. The number of hydrogen-bond donors (Lipinski definition) is 2. The number of ketones is 1. The van der Waals surface area contributed by atoms with Gasteiger partial charge in [0.1, 0.15) is 5.54 Å². The molecule has 4 unspecified atom stereocenters. The SMILES string of the molecule is CC(=O)c1ccc(N2C(=O)C3C(C=Cc4ccccc4)NC(Cc4ccccc4)(C(=O)O)C3C2=O)cc1.